The van der Waals surface area contributed by atoms with Gasteiger partial charge in [0.25, 0.3) is 0 Å². The van der Waals surface area contributed by atoms with Crippen LogP contribution in [0.1, 0.15) is 50.9 Å². The van der Waals surface area contributed by atoms with Crippen LogP contribution in [0.3, 0.4) is 0 Å². The molecule has 0 spiro atoms. The maximum atomic E-state index is 6.37. The molecule has 1 atom stereocenters. The minimum absolute atomic E-state index is 0.178. The van der Waals surface area contributed by atoms with Gasteiger partial charge >= 0.3 is 0 Å². The predicted molar refractivity (Wildman–Crippen MR) is 77.9 cm³/mol. The van der Waals surface area contributed by atoms with Crippen molar-refractivity contribution in [2.45, 2.75) is 58.9 Å². The topological polar surface area (TPSA) is 43.8 Å². The van der Waals surface area contributed by atoms with Gasteiger partial charge in [0.1, 0.15) is 0 Å². The molecule has 1 heterocycles. The Morgan fingerprint density at radius 1 is 1.28 bits per heavy atom. The number of rotatable bonds is 7. The molecule has 4 heteroatoms. The highest BCUT2D eigenvalue weighted by Gasteiger charge is 2.20. The maximum Gasteiger partial charge on any atom is 0.0847 e. The highest BCUT2D eigenvalue weighted by Crippen LogP contribution is 2.24. The van der Waals surface area contributed by atoms with Crippen molar-refractivity contribution in [1.29, 1.82) is 0 Å². The van der Waals surface area contributed by atoms with Gasteiger partial charge in [0, 0.05) is 19.5 Å². The van der Waals surface area contributed by atoms with Crippen molar-refractivity contribution < 1.29 is 0 Å². The molecule has 1 unspecified atom stereocenters. The minimum Gasteiger partial charge on any atom is -0.327 e. The first-order valence-corrected chi connectivity index (χ1v) is 7.32. The van der Waals surface area contributed by atoms with E-state index in [4.69, 9.17) is 17.3 Å². The Bertz CT molecular complexity index is 367. The van der Waals surface area contributed by atoms with Crippen LogP contribution in [0, 0.1) is 12.8 Å². The summed E-state index contributed by atoms with van der Waals surface area (Å²) in [5, 5.41) is 5.12. The second-order valence-electron chi connectivity index (χ2n) is 5.18. The van der Waals surface area contributed by atoms with Gasteiger partial charge in [0.05, 0.1) is 16.4 Å². The third-order valence-corrected chi connectivity index (χ3v) is 4.11. The number of nitrogens with two attached hydrogens (primary N) is 1. The Kier molecular flexibility index (Phi) is 6.16. The van der Waals surface area contributed by atoms with E-state index in [1.807, 2.05) is 18.7 Å². The maximum absolute atomic E-state index is 6.37. The van der Waals surface area contributed by atoms with Gasteiger partial charge in [-0.15, -0.1) is 0 Å². The zero-order valence-corrected chi connectivity index (χ0v) is 12.8. The molecule has 104 valence electrons. The van der Waals surface area contributed by atoms with Crippen LogP contribution in [0.5, 0.6) is 0 Å². The number of aromatic nitrogens is 2. The van der Waals surface area contributed by atoms with Gasteiger partial charge in [-0.1, -0.05) is 38.3 Å². The van der Waals surface area contributed by atoms with Gasteiger partial charge in [-0.3, -0.25) is 4.68 Å². The predicted octanol–water partition coefficient (Wildman–Crippen LogP) is 3.47. The van der Waals surface area contributed by atoms with Gasteiger partial charge < -0.3 is 5.73 Å². The van der Waals surface area contributed by atoms with Gasteiger partial charge in [-0.2, -0.15) is 5.10 Å². The van der Waals surface area contributed by atoms with Crippen LogP contribution in [-0.4, -0.2) is 15.8 Å². The molecule has 1 aromatic heterocycles. The average molecular weight is 272 g/mol. The van der Waals surface area contributed by atoms with Crippen molar-refractivity contribution in [1.82, 2.24) is 9.78 Å². The molecule has 0 bridgehead atoms. The summed E-state index contributed by atoms with van der Waals surface area (Å²) in [6.07, 6.45) is 5.60. The van der Waals surface area contributed by atoms with Crippen LogP contribution >= 0.6 is 11.6 Å². The van der Waals surface area contributed by atoms with Crippen LogP contribution < -0.4 is 5.73 Å². The van der Waals surface area contributed by atoms with Crippen molar-refractivity contribution in [3.8, 4) is 0 Å². The van der Waals surface area contributed by atoms with E-state index in [0.29, 0.717) is 5.92 Å². The van der Waals surface area contributed by atoms with E-state index in [2.05, 4.69) is 18.9 Å². The molecule has 18 heavy (non-hydrogen) atoms. The molecular formula is C14H26ClN3. The fraction of sp³-hybridized carbons (Fsp3) is 0.786. The van der Waals surface area contributed by atoms with Crippen molar-refractivity contribution in [3.63, 3.8) is 0 Å². The molecule has 1 aromatic rings. The van der Waals surface area contributed by atoms with Crippen molar-refractivity contribution >= 4 is 11.6 Å². The molecule has 0 fully saturated rings. The normalized spacial score (nSPS) is 13.3. The van der Waals surface area contributed by atoms with E-state index < -0.39 is 0 Å². The lowest BCUT2D eigenvalue weighted by Crippen LogP contribution is -2.33. The fourth-order valence-electron chi connectivity index (χ4n) is 2.61. The van der Waals surface area contributed by atoms with Crippen LogP contribution in [-0.2, 0) is 13.5 Å². The summed E-state index contributed by atoms with van der Waals surface area (Å²) in [4.78, 5) is 0. The third kappa shape index (κ3) is 3.72. The Balaban J connectivity index is 2.75. The summed E-state index contributed by atoms with van der Waals surface area (Å²) in [5.41, 5.74) is 8.33. The second-order valence-corrected chi connectivity index (χ2v) is 5.55. The van der Waals surface area contributed by atoms with Crippen LogP contribution in [0.15, 0.2) is 0 Å². The molecule has 1 rings (SSSR count). The summed E-state index contributed by atoms with van der Waals surface area (Å²) in [6, 6.07) is 0.178. The lowest BCUT2D eigenvalue weighted by atomic mass is 9.88. The molecule has 0 aliphatic heterocycles. The van der Waals surface area contributed by atoms with Gasteiger partial charge in [-0.05, 0) is 25.7 Å². The molecule has 0 aliphatic carbocycles. The average Bonchev–Trinajstić information content (AvgIpc) is 2.55. The van der Waals surface area contributed by atoms with Gasteiger partial charge in [0.2, 0.25) is 0 Å². The SMILES string of the molecule is CCCC(CCC)C(N)Cc1c(Cl)c(C)nn1C. The number of nitrogens with zero attached hydrogens (tertiary/aromatic N) is 2. The van der Waals surface area contributed by atoms with Gasteiger partial charge in [0.15, 0.2) is 0 Å². The monoisotopic (exact) mass is 271 g/mol. The zero-order valence-electron chi connectivity index (χ0n) is 12.0. The minimum atomic E-state index is 0.178. The number of hydrogen-bond acceptors (Lipinski definition) is 2. The molecule has 0 aromatic carbocycles. The molecule has 0 amide bonds. The summed E-state index contributed by atoms with van der Waals surface area (Å²) < 4.78 is 1.87. The Morgan fingerprint density at radius 3 is 2.22 bits per heavy atom. The molecule has 0 aliphatic rings. The first kappa shape index (κ1) is 15.5. The number of halogens is 1. The van der Waals surface area contributed by atoms with E-state index in [1.54, 1.807) is 0 Å². The van der Waals surface area contributed by atoms with E-state index in [1.165, 1.54) is 25.7 Å². The molecule has 3 nitrogen and oxygen atoms in total. The van der Waals surface area contributed by atoms with Crippen molar-refractivity contribution in [2.75, 3.05) is 0 Å². The van der Waals surface area contributed by atoms with Crippen LogP contribution in [0.2, 0.25) is 5.02 Å². The molecule has 2 N–H and O–H groups in total. The highest BCUT2D eigenvalue weighted by molar-refractivity contribution is 6.31. The summed E-state index contributed by atoms with van der Waals surface area (Å²) >= 11 is 6.28. The Morgan fingerprint density at radius 2 is 1.83 bits per heavy atom. The number of aryl methyl sites for hydroxylation is 2. The first-order chi connectivity index (χ1) is 8.51. The molecule has 0 saturated heterocycles. The van der Waals surface area contributed by atoms with E-state index in [9.17, 15) is 0 Å². The molecular weight excluding hydrogens is 246 g/mol. The zero-order chi connectivity index (χ0) is 13.7. The lowest BCUT2D eigenvalue weighted by Gasteiger charge is -2.23. The van der Waals surface area contributed by atoms with E-state index in [0.717, 1.165) is 22.8 Å². The summed E-state index contributed by atoms with van der Waals surface area (Å²) in [7, 11) is 1.94. The second kappa shape index (κ2) is 7.15. The van der Waals surface area contributed by atoms with Crippen LogP contribution in [0.25, 0.3) is 0 Å². The third-order valence-electron chi connectivity index (χ3n) is 3.62. The lowest BCUT2D eigenvalue weighted by molar-refractivity contribution is 0.355. The standard InChI is InChI=1S/C14H26ClN3/c1-5-7-11(8-6-2)12(16)9-13-14(15)10(3)17-18(13)4/h11-12H,5-9,16H2,1-4H3. The Hall–Kier alpha value is -0.540. The quantitative estimate of drug-likeness (QED) is 0.825. The molecule has 0 radical (unpaired) electrons. The van der Waals surface area contributed by atoms with E-state index >= 15 is 0 Å². The highest BCUT2D eigenvalue weighted by atomic mass is 35.5. The largest absolute Gasteiger partial charge is 0.327 e. The van der Waals surface area contributed by atoms with Gasteiger partial charge in [-0.25, -0.2) is 0 Å². The first-order valence-electron chi connectivity index (χ1n) is 6.94. The summed E-state index contributed by atoms with van der Waals surface area (Å²) in [6.45, 7) is 6.38. The molecule has 0 saturated carbocycles. The number of hydrogen-bond donors (Lipinski definition) is 1. The van der Waals surface area contributed by atoms with Crippen molar-refractivity contribution in [2.24, 2.45) is 18.7 Å². The van der Waals surface area contributed by atoms with Crippen molar-refractivity contribution in [3.05, 3.63) is 16.4 Å². The smallest absolute Gasteiger partial charge is 0.0847 e. The summed E-state index contributed by atoms with van der Waals surface area (Å²) in [5.74, 6) is 0.589. The Labute approximate surface area is 116 Å². The fourth-order valence-corrected chi connectivity index (χ4v) is 2.84. The van der Waals surface area contributed by atoms with E-state index in [-0.39, 0.29) is 6.04 Å². The van der Waals surface area contributed by atoms with Crippen LogP contribution in [0.4, 0.5) is 0 Å².